The third-order valence-corrected chi connectivity index (χ3v) is 7.09. The summed E-state index contributed by atoms with van der Waals surface area (Å²) >= 11 is 6.79. The van der Waals surface area contributed by atoms with Crippen LogP contribution in [0.1, 0.15) is 76.3 Å². The van der Waals surface area contributed by atoms with Gasteiger partial charge in [0, 0.05) is 23.3 Å². The van der Waals surface area contributed by atoms with Gasteiger partial charge in [0.2, 0.25) is 5.88 Å². The van der Waals surface area contributed by atoms with Gasteiger partial charge in [-0.3, -0.25) is 4.79 Å². The van der Waals surface area contributed by atoms with Crippen molar-refractivity contribution in [1.29, 1.82) is 0 Å². The Morgan fingerprint density at radius 1 is 1.12 bits per heavy atom. The molecule has 3 rings (SSSR count). The highest BCUT2D eigenvalue weighted by Gasteiger charge is 2.31. The molecule has 2 aliphatic rings. The lowest BCUT2D eigenvalue weighted by Gasteiger charge is -2.34. The van der Waals surface area contributed by atoms with Crippen LogP contribution in [0.25, 0.3) is 0 Å². The highest BCUT2D eigenvalue weighted by molar-refractivity contribution is 6.20. The van der Waals surface area contributed by atoms with Gasteiger partial charge in [0.1, 0.15) is 5.78 Å². The van der Waals surface area contributed by atoms with Crippen molar-refractivity contribution in [2.24, 2.45) is 17.8 Å². The standard InChI is InChI=1S/C21H31ClN2O2/c1-14(25)16-7-9-17(10-8-16)19(22)13-15-3-5-18(6-4-15)20-11-12-21(26-2)24-23-20/h11-12,15-19H,3-10,13H2,1-2H3. The summed E-state index contributed by atoms with van der Waals surface area (Å²) in [4.78, 5) is 11.5. The van der Waals surface area contributed by atoms with Crippen LogP contribution in [0.3, 0.4) is 0 Å². The number of aromatic nitrogens is 2. The fraction of sp³-hybridized carbons (Fsp3) is 0.762. The average molecular weight is 379 g/mol. The Balaban J connectivity index is 1.42. The first-order valence-corrected chi connectivity index (χ1v) is 10.5. The first-order valence-electron chi connectivity index (χ1n) is 10.1. The quantitative estimate of drug-likeness (QED) is 0.642. The number of Topliss-reactive ketones (excluding diaryl/α,β-unsaturated/α-hetero) is 1. The average Bonchev–Trinajstić information content (AvgIpc) is 2.68. The van der Waals surface area contributed by atoms with E-state index in [1.165, 1.54) is 25.7 Å². The van der Waals surface area contributed by atoms with Gasteiger partial charge in [-0.2, -0.15) is 5.10 Å². The molecule has 26 heavy (non-hydrogen) atoms. The van der Waals surface area contributed by atoms with E-state index in [1.54, 1.807) is 14.0 Å². The number of ketones is 1. The number of alkyl halides is 1. The predicted octanol–water partition coefficient (Wildman–Crippen LogP) is 5.15. The van der Waals surface area contributed by atoms with Crippen LogP contribution in [0.4, 0.5) is 0 Å². The molecular weight excluding hydrogens is 348 g/mol. The zero-order valence-corrected chi connectivity index (χ0v) is 16.8. The molecule has 1 unspecified atom stereocenters. The number of methoxy groups -OCH3 is 1. The molecule has 0 saturated heterocycles. The van der Waals surface area contributed by atoms with Crippen LogP contribution >= 0.6 is 11.6 Å². The molecule has 0 aliphatic heterocycles. The van der Waals surface area contributed by atoms with Crippen molar-refractivity contribution in [1.82, 2.24) is 10.2 Å². The van der Waals surface area contributed by atoms with Gasteiger partial charge in [-0.15, -0.1) is 16.7 Å². The second-order valence-electron chi connectivity index (χ2n) is 8.19. The van der Waals surface area contributed by atoms with E-state index < -0.39 is 0 Å². The summed E-state index contributed by atoms with van der Waals surface area (Å²) in [5.74, 6) is 3.06. The highest BCUT2D eigenvalue weighted by Crippen LogP contribution is 2.41. The van der Waals surface area contributed by atoms with Crippen LogP contribution < -0.4 is 4.74 Å². The molecule has 0 spiro atoms. The van der Waals surface area contributed by atoms with E-state index >= 15 is 0 Å². The van der Waals surface area contributed by atoms with E-state index in [1.807, 2.05) is 6.07 Å². The van der Waals surface area contributed by atoms with Gasteiger partial charge >= 0.3 is 0 Å². The molecule has 1 atom stereocenters. The summed E-state index contributed by atoms with van der Waals surface area (Å²) in [6.45, 7) is 1.73. The maximum atomic E-state index is 11.5. The third kappa shape index (κ3) is 4.97. The molecule has 0 amide bonds. The molecule has 1 heterocycles. The Bertz CT molecular complexity index is 576. The van der Waals surface area contributed by atoms with Crippen molar-refractivity contribution in [2.45, 2.75) is 76.0 Å². The fourth-order valence-corrected chi connectivity index (χ4v) is 5.25. The van der Waals surface area contributed by atoms with Crippen LogP contribution in [-0.2, 0) is 4.79 Å². The van der Waals surface area contributed by atoms with E-state index in [-0.39, 0.29) is 11.3 Å². The largest absolute Gasteiger partial charge is 0.480 e. The molecule has 1 aromatic heterocycles. The fourth-order valence-electron chi connectivity index (χ4n) is 4.75. The number of rotatable bonds is 6. The monoisotopic (exact) mass is 378 g/mol. The second kappa shape index (κ2) is 9.16. The molecule has 2 aliphatic carbocycles. The zero-order valence-electron chi connectivity index (χ0n) is 16.0. The van der Waals surface area contributed by atoms with Crippen molar-refractivity contribution in [3.8, 4) is 5.88 Å². The maximum Gasteiger partial charge on any atom is 0.233 e. The molecule has 0 bridgehead atoms. The minimum atomic E-state index is 0.269. The molecule has 5 heteroatoms. The van der Waals surface area contributed by atoms with Crippen molar-refractivity contribution in [2.75, 3.05) is 7.11 Å². The first-order chi connectivity index (χ1) is 12.6. The molecule has 0 N–H and O–H groups in total. The van der Waals surface area contributed by atoms with Gasteiger partial charge in [0.15, 0.2) is 0 Å². The van der Waals surface area contributed by atoms with Gasteiger partial charge in [-0.25, -0.2) is 0 Å². The van der Waals surface area contributed by atoms with Crippen molar-refractivity contribution < 1.29 is 9.53 Å². The number of hydrogen-bond donors (Lipinski definition) is 0. The molecule has 2 fully saturated rings. The van der Waals surface area contributed by atoms with Crippen LogP contribution in [0.2, 0.25) is 0 Å². The van der Waals surface area contributed by atoms with Crippen molar-refractivity contribution in [3.05, 3.63) is 17.8 Å². The Labute approximate surface area is 162 Å². The third-order valence-electron chi connectivity index (χ3n) is 6.55. The Morgan fingerprint density at radius 2 is 1.81 bits per heavy atom. The number of carbonyl (C=O) groups excluding carboxylic acids is 1. The molecule has 144 valence electrons. The van der Waals surface area contributed by atoms with Crippen LogP contribution in [0, 0.1) is 17.8 Å². The summed E-state index contributed by atoms with van der Waals surface area (Å²) in [6, 6.07) is 3.95. The number of ether oxygens (including phenoxy) is 1. The normalized spacial score (nSPS) is 30.6. The molecule has 2 saturated carbocycles. The molecule has 4 nitrogen and oxygen atoms in total. The molecule has 1 aromatic rings. The summed E-state index contributed by atoms with van der Waals surface area (Å²) in [5.41, 5.74) is 1.09. The van der Waals surface area contributed by atoms with Crippen molar-refractivity contribution >= 4 is 17.4 Å². The predicted molar refractivity (Wildman–Crippen MR) is 104 cm³/mol. The highest BCUT2D eigenvalue weighted by atomic mass is 35.5. The smallest absolute Gasteiger partial charge is 0.233 e. The van der Waals surface area contributed by atoms with Gasteiger partial charge in [0.25, 0.3) is 0 Å². The maximum absolute atomic E-state index is 11.5. The topological polar surface area (TPSA) is 52.1 Å². The Kier molecular flexibility index (Phi) is 6.91. The zero-order chi connectivity index (χ0) is 18.5. The van der Waals surface area contributed by atoms with Crippen LogP contribution in [-0.4, -0.2) is 28.5 Å². The van der Waals surface area contributed by atoms with Gasteiger partial charge in [-0.1, -0.05) is 0 Å². The van der Waals surface area contributed by atoms with Crippen molar-refractivity contribution in [3.63, 3.8) is 0 Å². The van der Waals surface area contributed by atoms with Crippen LogP contribution in [0.5, 0.6) is 5.88 Å². The minimum Gasteiger partial charge on any atom is -0.480 e. The first kappa shape index (κ1) is 19.6. The van der Waals surface area contributed by atoms with E-state index in [0.29, 0.717) is 23.5 Å². The van der Waals surface area contributed by atoms with E-state index in [2.05, 4.69) is 16.3 Å². The number of carbonyl (C=O) groups is 1. The summed E-state index contributed by atoms with van der Waals surface area (Å²) in [6.07, 6.45) is 10.2. The number of nitrogens with zero attached hydrogens (tertiary/aromatic N) is 2. The molecule has 0 aromatic carbocycles. The number of hydrogen-bond acceptors (Lipinski definition) is 4. The molecular formula is C21H31ClN2O2. The van der Waals surface area contributed by atoms with Gasteiger partial charge < -0.3 is 4.74 Å². The minimum absolute atomic E-state index is 0.269. The molecule has 0 radical (unpaired) electrons. The van der Waals surface area contributed by atoms with E-state index in [4.69, 9.17) is 16.3 Å². The summed E-state index contributed by atoms with van der Waals surface area (Å²) in [7, 11) is 1.62. The Morgan fingerprint density at radius 3 is 2.35 bits per heavy atom. The van der Waals surface area contributed by atoms with E-state index in [9.17, 15) is 4.79 Å². The summed E-state index contributed by atoms with van der Waals surface area (Å²) < 4.78 is 5.09. The lowest BCUT2D eigenvalue weighted by atomic mass is 9.74. The number of halogens is 1. The van der Waals surface area contributed by atoms with Crippen LogP contribution in [0.15, 0.2) is 12.1 Å². The summed E-state index contributed by atoms with van der Waals surface area (Å²) in [5, 5.41) is 8.70. The van der Waals surface area contributed by atoms with E-state index in [0.717, 1.165) is 43.7 Å². The van der Waals surface area contributed by atoms with Gasteiger partial charge in [-0.05, 0) is 82.6 Å². The SMILES string of the molecule is COc1ccc(C2CCC(CC(Cl)C3CCC(C(C)=O)CC3)CC2)nn1. The van der Waals surface area contributed by atoms with Gasteiger partial charge in [0.05, 0.1) is 12.8 Å². The lowest BCUT2D eigenvalue weighted by molar-refractivity contribution is -0.121. The second-order valence-corrected chi connectivity index (χ2v) is 8.75. The lowest BCUT2D eigenvalue weighted by Crippen LogP contribution is -2.27. The Hall–Kier alpha value is -1.16.